The standard InChI is InChI=1S/C24H17F6N3O7S/c1-11-6-16(23(37)33-10-40-19(36)7-18(34)35)31-9-13(11)22(20-14(25)3-4-15(26)21(20)27)41(38,39)12-2-5-17(32-8-12)24(28,29)30/h2-6,8-9,22H,7,10H2,1H3,(H,33,37)(H,34,35). The fourth-order valence-corrected chi connectivity index (χ4v) is 5.36. The number of esters is 1. The van der Waals surface area contributed by atoms with Gasteiger partial charge in [0, 0.05) is 18.0 Å². The van der Waals surface area contributed by atoms with Crippen molar-refractivity contribution in [1.29, 1.82) is 0 Å². The van der Waals surface area contributed by atoms with E-state index in [0.29, 0.717) is 30.5 Å². The van der Waals surface area contributed by atoms with Gasteiger partial charge in [-0.1, -0.05) is 0 Å². The van der Waals surface area contributed by atoms with E-state index < -0.39 is 97.1 Å². The van der Waals surface area contributed by atoms with Crippen LogP contribution in [0.4, 0.5) is 26.3 Å². The van der Waals surface area contributed by atoms with Crippen LogP contribution in [0.1, 0.15) is 44.5 Å². The highest BCUT2D eigenvalue weighted by molar-refractivity contribution is 7.91. The summed E-state index contributed by atoms with van der Waals surface area (Å²) in [6.07, 6.45) is -4.83. The molecule has 1 atom stereocenters. The van der Waals surface area contributed by atoms with Crippen LogP contribution in [-0.2, 0) is 30.3 Å². The van der Waals surface area contributed by atoms with Gasteiger partial charge in [0.15, 0.2) is 28.2 Å². The van der Waals surface area contributed by atoms with Gasteiger partial charge in [-0.3, -0.25) is 24.4 Å². The van der Waals surface area contributed by atoms with Crippen molar-refractivity contribution < 1.29 is 59.0 Å². The Bertz CT molecular complexity index is 1610. The SMILES string of the molecule is Cc1cc(C(=O)NCOC(=O)CC(=O)O)ncc1C(c1c(F)ccc(F)c1F)S(=O)(=O)c1ccc(C(F)(F)F)nc1. The summed E-state index contributed by atoms with van der Waals surface area (Å²) in [5.74, 6) is -8.63. The van der Waals surface area contributed by atoms with Crippen LogP contribution in [0.3, 0.4) is 0 Å². The minimum Gasteiger partial charge on any atom is -0.481 e. The first kappa shape index (κ1) is 31.0. The number of nitrogens with one attached hydrogen (secondary N) is 1. The lowest BCUT2D eigenvalue weighted by atomic mass is 10.00. The number of carbonyl (C=O) groups is 3. The lowest BCUT2D eigenvalue weighted by molar-refractivity contribution is -0.151. The minimum atomic E-state index is -5.04. The van der Waals surface area contributed by atoms with Gasteiger partial charge < -0.3 is 15.2 Å². The lowest BCUT2D eigenvalue weighted by Crippen LogP contribution is -2.29. The Morgan fingerprint density at radius 2 is 1.68 bits per heavy atom. The summed E-state index contributed by atoms with van der Waals surface area (Å²) in [7, 11) is -5.04. The van der Waals surface area contributed by atoms with E-state index in [9.17, 15) is 49.1 Å². The number of alkyl halides is 3. The third-order valence-electron chi connectivity index (χ3n) is 5.44. The number of amides is 1. The average Bonchev–Trinajstić information content (AvgIpc) is 2.88. The number of sulfone groups is 1. The summed E-state index contributed by atoms with van der Waals surface area (Å²) in [5, 5.41) is 8.21. The van der Waals surface area contributed by atoms with E-state index in [1.165, 1.54) is 6.92 Å². The van der Waals surface area contributed by atoms with Crippen LogP contribution in [0.5, 0.6) is 0 Å². The predicted molar refractivity (Wildman–Crippen MR) is 124 cm³/mol. The molecule has 0 saturated heterocycles. The number of aryl methyl sites for hydroxylation is 1. The Morgan fingerprint density at radius 1 is 1.02 bits per heavy atom. The van der Waals surface area contributed by atoms with Crippen LogP contribution >= 0.6 is 0 Å². The molecule has 2 N–H and O–H groups in total. The van der Waals surface area contributed by atoms with Crippen LogP contribution in [0.25, 0.3) is 0 Å². The summed E-state index contributed by atoms with van der Waals surface area (Å²) >= 11 is 0. The number of carboxylic acids is 1. The van der Waals surface area contributed by atoms with Gasteiger partial charge >= 0.3 is 18.1 Å². The van der Waals surface area contributed by atoms with E-state index in [1.54, 1.807) is 0 Å². The summed E-state index contributed by atoms with van der Waals surface area (Å²) < 4.78 is 114. The number of aromatic nitrogens is 2. The first-order valence-corrected chi connectivity index (χ1v) is 12.6. The minimum absolute atomic E-state index is 0.121. The zero-order valence-electron chi connectivity index (χ0n) is 20.5. The topological polar surface area (TPSA) is 153 Å². The normalized spacial score (nSPS) is 12.5. The van der Waals surface area contributed by atoms with Crippen LogP contribution in [0, 0.1) is 24.4 Å². The van der Waals surface area contributed by atoms with E-state index >= 15 is 0 Å². The van der Waals surface area contributed by atoms with Gasteiger partial charge in [-0.2, -0.15) is 13.2 Å². The van der Waals surface area contributed by atoms with Crippen molar-refractivity contribution in [1.82, 2.24) is 15.3 Å². The number of carbonyl (C=O) groups excluding carboxylic acids is 2. The summed E-state index contributed by atoms with van der Waals surface area (Å²) in [6, 6.07) is 2.69. The number of carboxylic acid groups (broad SMARTS) is 1. The maximum Gasteiger partial charge on any atom is 0.433 e. The monoisotopic (exact) mass is 605 g/mol. The van der Waals surface area contributed by atoms with Gasteiger partial charge in [-0.15, -0.1) is 0 Å². The number of pyridine rings is 2. The molecule has 1 amide bonds. The molecule has 41 heavy (non-hydrogen) atoms. The fourth-order valence-electron chi connectivity index (χ4n) is 3.53. The number of halogens is 6. The maximum absolute atomic E-state index is 14.9. The Kier molecular flexibility index (Phi) is 9.00. The molecular formula is C24H17F6N3O7S. The summed E-state index contributed by atoms with van der Waals surface area (Å²) in [5.41, 5.74) is -3.73. The Labute approximate surface area is 226 Å². The third kappa shape index (κ3) is 6.97. The van der Waals surface area contributed by atoms with Gasteiger partial charge in [0.25, 0.3) is 5.91 Å². The van der Waals surface area contributed by atoms with Crippen molar-refractivity contribution in [3.8, 4) is 0 Å². The molecular weight excluding hydrogens is 588 g/mol. The zero-order chi connectivity index (χ0) is 30.7. The van der Waals surface area contributed by atoms with Crippen molar-refractivity contribution in [2.24, 2.45) is 0 Å². The number of aliphatic carboxylic acids is 1. The van der Waals surface area contributed by atoms with Crippen LogP contribution in [-0.4, -0.2) is 48.1 Å². The summed E-state index contributed by atoms with van der Waals surface area (Å²) in [6.45, 7) is 0.453. The molecule has 1 unspecified atom stereocenters. The third-order valence-corrected chi connectivity index (χ3v) is 7.44. The van der Waals surface area contributed by atoms with Crippen molar-refractivity contribution >= 4 is 27.7 Å². The van der Waals surface area contributed by atoms with E-state index in [-0.39, 0.29) is 5.56 Å². The molecule has 0 saturated carbocycles. The molecule has 17 heteroatoms. The lowest BCUT2D eigenvalue weighted by Gasteiger charge is -2.22. The molecule has 2 aromatic heterocycles. The molecule has 0 radical (unpaired) electrons. The second-order valence-corrected chi connectivity index (χ2v) is 10.3. The fraction of sp³-hybridized carbons (Fsp3) is 0.208. The maximum atomic E-state index is 14.9. The van der Waals surface area contributed by atoms with Crippen LogP contribution < -0.4 is 5.32 Å². The Hall–Kier alpha value is -4.54. The van der Waals surface area contributed by atoms with Crippen molar-refractivity contribution in [3.05, 3.63) is 88.3 Å². The number of hydrogen-bond acceptors (Lipinski definition) is 8. The zero-order valence-corrected chi connectivity index (χ0v) is 21.3. The molecule has 218 valence electrons. The largest absolute Gasteiger partial charge is 0.481 e. The molecule has 1 aromatic carbocycles. The second kappa shape index (κ2) is 11.9. The second-order valence-electron chi connectivity index (χ2n) is 8.22. The Morgan fingerprint density at radius 3 is 2.24 bits per heavy atom. The number of benzene rings is 1. The first-order chi connectivity index (χ1) is 19.0. The van der Waals surface area contributed by atoms with Gasteiger partial charge in [-0.25, -0.2) is 21.6 Å². The quantitative estimate of drug-likeness (QED) is 0.123. The number of ether oxygens (including phenoxy) is 1. The van der Waals surface area contributed by atoms with E-state index in [1.807, 2.05) is 0 Å². The van der Waals surface area contributed by atoms with Crippen molar-refractivity contribution in [3.63, 3.8) is 0 Å². The van der Waals surface area contributed by atoms with Crippen LogP contribution in [0.2, 0.25) is 0 Å². The predicted octanol–water partition coefficient (Wildman–Crippen LogP) is 3.49. The Balaban J connectivity index is 2.05. The van der Waals surface area contributed by atoms with Crippen LogP contribution in [0.15, 0.2) is 47.6 Å². The number of rotatable bonds is 9. The molecule has 0 aliphatic rings. The highest BCUT2D eigenvalue weighted by Gasteiger charge is 2.39. The number of hydrogen-bond donors (Lipinski definition) is 2. The highest BCUT2D eigenvalue weighted by Crippen LogP contribution is 2.40. The molecule has 0 bridgehead atoms. The van der Waals surface area contributed by atoms with Gasteiger partial charge in [0.2, 0.25) is 0 Å². The number of nitrogens with zero attached hydrogens (tertiary/aromatic N) is 2. The van der Waals surface area contributed by atoms with E-state index in [4.69, 9.17) is 5.11 Å². The molecule has 0 fully saturated rings. The molecule has 3 rings (SSSR count). The molecule has 2 heterocycles. The van der Waals surface area contributed by atoms with Crippen molar-refractivity contribution in [2.75, 3.05) is 6.73 Å². The average molecular weight is 605 g/mol. The molecule has 0 spiro atoms. The summed E-state index contributed by atoms with van der Waals surface area (Å²) in [4.78, 5) is 40.0. The highest BCUT2D eigenvalue weighted by atomic mass is 32.2. The molecule has 0 aliphatic heterocycles. The molecule has 3 aromatic rings. The van der Waals surface area contributed by atoms with E-state index in [2.05, 4.69) is 20.0 Å². The molecule has 0 aliphatic carbocycles. The first-order valence-electron chi connectivity index (χ1n) is 11.1. The molecule has 10 nitrogen and oxygen atoms in total. The van der Waals surface area contributed by atoms with Gasteiger partial charge in [-0.05, 0) is 48.4 Å². The van der Waals surface area contributed by atoms with Crippen molar-refractivity contribution in [2.45, 2.75) is 29.7 Å². The van der Waals surface area contributed by atoms with E-state index in [0.717, 1.165) is 12.3 Å². The smallest absolute Gasteiger partial charge is 0.433 e. The van der Waals surface area contributed by atoms with Gasteiger partial charge in [0.1, 0.15) is 28.9 Å². The van der Waals surface area contributed by atoms with Gasteiger partial charge in [0.05, 0.1) is 4.90 Å².